The average molecular weight is 272 g/mol. The molecule has 0 amide bonds. The molecule has 5 heteroatoms. The van der Waals surface area contributed by atoms with Crippen molar-refractivity contribution in [1.82, 2.24) is 9.97 Å². The normalized spacial score (nSPS) is 10.3. The molecule has 1 heterocycles. The van der Waals surface area contributed by atoms with Crippen molar-refractivity contribution in [2.45, 2.75) is 19.8 Å². The van der Waals surface area contributed by atoms with Crippen LogP contribution < -0.4 is 15.4 Å². The first-order chi connectivity index (χ1) is 9.67. The smallest absolute Gasteiger partial charge is 0.141 e. The van der Waals surface area contributed by atoms with Crippen LogP contribution in [0.3, 0.4) is 0 Å². The van der Waals surface area contributed by atoms with E-state index < -0.39 is 0 Å². The van der Waals surface area contributed by atoms with Crippen LogP contribution in [-0.4, -0.2) is 24.1 Å². The molecule has 1 aromatic carbocycles. The summed E-state index contributed by atoms with van der Waals surface area (Å²) in [6.45, 7) is 2.11. The molecule has 0 bridgehead atoms. The SMILES string of the molecule is CCCc1c(N)ncnc1N(C)c1ccc(OC)cc1. The van der Waals surface area contributed by atoms with E-state index in [1.807, 2.05) is 36.2 Å². The topological polar surface area (TPSA) is 64.3 Å². The van der Waals surface area contributed by atoms with Crippen LogP contribution in [0.4, 0.5) is 17.3 Å². The second kappa shape index (κ2) is 6.23. The maximum absolute atomic E-state index is 5.97. The Labute approximate surface area is 119 Å². The van der Waals surface area contributed by atoms with Crippen molar-refractivity contribution < 1.29 is 4.74 Å². The summed E-state index contributed by atoms with van der Waals surface area (Å²) in [5.74, 6) is 2.24. The molecule has 0 saturated carbocycles. The van der Waals surface area contributed by atoms with Gasteiger partial charge in [-0.25, -0.2) is 9.97 Å². The number of ether oxygens (including phenoxy) is 1. The van der Waals surface area contributed by atoms with E-state index in [0.717, 1.165) is 35.7 Å². The summed E-state index contributed by atoms with van der Waals surface area (Å²) in [7, 11) is 3.63. The van der Waals surface area contributed by atoms with Crippen LogP contribution in [0.25, 0.3) is 0 Å². The fourth-order valence-corrected chi connectivity index (χ4v) is 2.12. The molecule has 0 atom stereocenters. The van der Waals surface area contributed by atoms with E-state index in [0.29, 0.717) is 5.82 Å². The van der Waals surface area contributed by atoms with Crippen LogP contribution in [0.1, 0.15) is 18.9 Å². The third kappa shape index (κ3) is 2.82. The Bertz CT molecular complexity index is 569. The zero-order valence-electron chi connectivity index (χ0n) is 12.1. The van der Waals surface area contributed by atoms with Crippen molar-refractivity contribution in [3.05, 3.63) is 36.2 Å². The zero-order valence-corrected chi connectivity index (χ0v) is 12.1. The Morgan fingerprint density at radius 1 is 1.20 bits per heavy atom. The van der Waals surface area contributed by atoms with Crippen molar-refractivity contribution in [2.24, 2.45) is 0 Å². The molecule has 0 aliphatic heterocycles. The molecule has 2 N–H and O–H groups in total. The lowest BCUT2D eigenvalue weighted by molar-refractivity contribution is 0.415. The average Bonchev–Trinajstić information content (AvgIpc) is 2.49. The molecule has 106 valence electrons. The van der Waals surface area contributed by atoms with E-state index in [-0.39, 0.29) is 0 Å². The first-order valence-corrected chi connectivity index (χ1v) is 6.64. The van der Waals surface area contributed by atoms with E-state index in [4.69, 9.17) is 10.5 Å². The van der Waals surface area contributed by atoms with Gasteiger partial charge in [-0.05, 0) is 30.7 Å². The summed E-state index contributed by atoms with van der Waals surface area (Å²) in [5.41, 5.74) is 7.99. The fourth-order valence-electron chi connectivity index (χ4n) is 2.12. The van der Waals surface area contributed by atoms with Gasteiger partial charge < -0.3 is 15.4 Å². The number of anilines is 3. The standard InChI is InChI=1S/C15H20N4O/c1-4-5-13-14(16)17-10-18-15(13)19(2)11-6-8-12(20-3)9-7-11/h6-10H,4-5H2,1-3H3,(H2,16,17,18). The minimum absolute atomic E-state index is 0.553. The number of aromatic nitrogens is 2. The number of hydrogen-bond donors (Lipinski definition) is 1. The molecule has 0 aliphatic carbocycles. The van der Waals surface area contributed by atoms with Crippen molar-refractivity contribution in [3.63, 3.8) is 0 Å². The van der Waals surface area contributed by atoms with Crippen molar-refractivity contribution in [3.8, 4) is 5.75 Å². The van der Waals surface area contributed by atoms with Gasteiger partial charge in [-0.1, -0.05) is 13.3 Å². The highest BCUT2D eigenvalue weighted by Crippen LogP contribution is 2.29. The van der Waals surface area contributed by atoms with Gasteiger partial charge in [0.05, 0.1) is 7.11 Å². The maximum atomic E-state index is 5.97. The number of benzene rings is 1. The molecule has 0 saturated heterocycles. The monoisotopic (exact) mass is 272 g/mol. The van der Waals surface area contributed by atoms with Crippen LogP contribution in [0.2, 0.25) is 0 Å². The number of rotatable bonds is 5. The predicted octanol–water partition coefficient (Wildman–Crippen LogP) is 2.79. The lowest BCUT2D eigenvalue weighted by Crippen LogP contribution is -2.15. The Morgan fingerprint density at radius 3 is 2.50 bits per heavy atom. The molecule has 0 radical (unpaired) electrons. The van der Waals surface area contributed by atoms with E-state index in [1.165, 1.54) is 6.33 Å². The van der Waals surface area contributed by atoms with E-state index in [1.54, 1.807) is 7.11 Å². The molecule has 0 fully saturated rings. The third-order valence-electron chi connectivity index (χ3n) is 3.23. The van der Waals surface area contributed by atoms with Gasteiger partial charge in [0, 0.05) is 18.3 Å². The van der Waals surface area contributed by atoms with Gasteiger partial charge in [0.1, 0.15) is 23.7 Å². The van der Waals surface area contributed by atoms with Crippen LogP contribution in [0.15, 0.2) is 30.6 Å². The molecule has 0 spiro atoms. The number of methoxy groups -OCH3 is 1. The van der Waals surface area contributed by atoms with Gasteiger partial charge in [-0.2, -0.15) is 0 Å². The summed E-state index contributed by atoms with van der Waals surface area (Å²) in [5, 5.41) is 0. The lowest BCUT2D eigenvalue weighted by atomic mass is 10.1. The molecule has 0 unspecified atom stereocenters. The highest BCUT2D eigenvalue weighted by Gasteiger charge is 2.13. The molecule has 0 aliphatic rings. The molecular weight excluding hydrogens is 252 g/mol. The van der Waals surface area contributed by atoms with E-state index in [2.05, 4.69) is 16.9 Å². The van der Waals surface area contributed by atoms with Crippen LogP contribution in [0, 0.1) is 0 Å². The number of nitrogen functional groups attached to an aromatic ring is 1. The summed E-state index contributed by atoms with van der Waals surface area (Å²) in [6.07, 6.45) is 3.37. The second-order valence-corrected chi connectivity index (χ2v) is 4.57. The van der Waals surface area contributed by atoms with E-state index in [9.17, 15) is 0 Å². The first kappa shape index (κ1) is 14.1. The summed E-state index contributed by atoms with van der Waals surface area (Å²) < 4.78 is 5.17. The van der Waals surface area contributed by atoms with Crippen molar-refractivity contribution >= 4 is 17.3 Å². The minimum Gasteiger partial charge on any atom is -0.497 e. The maximum Gasteiger partial charge on any atom is 0.141 e. The van der Waals surface area contributed by atoms with Crippen LogP contribution in [-0.2, 0) is 6.42 Å². The lowest BCUT2D eigenvalue weighted by Gasteiger charge is -2.22. The van der Waals surface area contributed by atoms with Gasteiger partial charge in [0.2, 0.25) is 0 Å². The highest BCUT2D eigenvalue weighted by atomic mass is 16.5. The molecule has 20 heavy (non-hydrogen) atoms. The van der Waals surface area contributed by atoms with Gasteiger partial charge in [-0.15, -0.1) is 0 Å². The van der Waals surface area contributed by atoms with Crippen molar-refractivity contribution in [1.29, 1.82) is 0 Å². The quantitative estimate of drug-likeness (QED) is 0.906. The number of nitrogens with two attached hydrogens (primary N) is 1. The molecule has 2 rings (SSSR count). The van der Waals surface area contributed by atoms with Gasteiger partial charge in [-0.3, -0.25) is 0 Å². The third-order valence-corrected chi connectivity index (χ3v) is 3.23. The Morgan fingerprint density at radius 2 is 1.90 bits per heavy atom. The second-order valence-electron chi connectivity index (χ2n) is 4.57. The Hall–Kier alpha value is -2.30. The van der Waals surface area contributed by atoms with Gasteiger partial charge in [0.15, 0.2) is 0 Å². The van der Waals surface area contributed by atoms with Gasteiger partial charge >= 0.3 is 0 Å². The minimum atomic E-state index is 0.553. The first-order valence-electron chi connectivity index (χ1n) is 6.64. The summed E-state index contributed by atoms with van der Waals surface area (Å²) in [4.78, 5) is 10.5. The zero-order chi connectivity index (χ0) is 14.5. The van der Waals surface area contributed by atoms with Crippen molar-refractivity contribution in [2.75, 3.05) is 24.8 Å². The fraction of sp³-hybridized carbons (Fsp3) is 0.333. The molecule has 2 aromatic rings. The molecule has 1 aromatic heterocycles. The molecular formula is C15H20N4O. The largest absolute Gasteiger partial charge is 0.497 e. The predicted molar refractivity (Wildman–Crippen MR) is 81.5 cm³/mol. The Balaban J connectivity index is 2.36. The Kier molecular flexibility index (Phi) is 4.40. The number of hydrogen-bond acceptors (Lipinski definition) is 5. The van der Waals surface area contributed by atoms with Crippen LogP contribution in [0.5, 0.6) is 5.75 Å². The summed E-state index contributed by atoms with van der Waals surface area (Å²) >= 11 is 0. The van der Waals surface area contributed by atoms with E-state index >= 15 is 0 Å². The highest BCUT2D eigenvalue weighted by molar-refractivity contribution is 5.66. The van der Waals surface area contributed by atoms with Crippen LogP contribution >= 0.6 is 0 Å². The molecule has 5 nitrogen and oxygen atoms in total. The summed E-state index contributed by atoms with van der Waals surface area (Å²) in [6, 6.07) is 7.84. The van der Waals surface area contributed by atoms with Gasteiger partial charge in [0.25, 0.3) is 0 Å². The number of nitrogens with zero attached hydrogens (tertiary/aromatic N) is 3.